The van der Waals surface area contributed by atoms with Crippen molar-refractivity contribution in [2.24, 2.45) is 5.92 Å². The third-order valence-electron chi connectivity index (χ3n) is 4.42. The molecule has 0 spiro atoms. The molecule has 0 saturated carbocycles. The molecule has 1 heterocycles. The Balaban J connectivity index is 1.77. The minimum atomic E-state index is 0.480. The van der Waals surface area contributed by atoms with Crippen LogP contribution in [0.4, 0.5) is 0 Å². The normalized spacial score (nSPS) is 24.1. The number of para-hydroxylation sites is 1. The van der Waals surface area contributed by atoms with E-state index in [1.807, 2.05) is 0 Å². The van der Waals surface area contributed by atoms with Crippen LogP contribution < -0.4 is 10.1 Å². The standard InChI is InChI=1S/C17H23NO/c1-18-17(13-7-3-2-4-8-13)15-11-14-9-5-6-10-16(14)19-12-15/h5-7,9-10,15,17-18H,2-4,8,11-12H2,1H3. The van der Waals surface area contributed by atoms with Gasteiger partial charge in [-0.05, 0) is 50.8 Å². The van der Waals surface area contributed by atoms with E-state index in [4.69, 9.17) is 4.74 Å². The van der Waals surface area contributed by atoms with E-state index in [2.05, 4.69) is 42.7 Å². The van der Waals surface area contributed by atoms with Gasteiger partial charge in [-0.1, -0.05) is 29.8 Å². The van der Waals surface area contributed by atoms with Crippen molar-refractivity contribution < 1.29 is 4.74 Å². The lowest BCUT2D eigenvalue weighted by Gasteiger charge is -2.34. The maximum Gasteiger partial charge on any atom is 0.122 e. The Hall–Kier alpha value is -1.28. The van der Waals surface area contributed by atoms with Gasteiger partial charge < -0.3 is 10.1 Å². The van der Waals surface area contributed by atoms with Crippen molar-refractivity contribution in [3.05, 3.63) is 41.5 Å². The first kappa shape index (κ1) is 12.7. The molecule has 2 atom stereocenters. The summed E-state index contributed by atoms with van der Waals surface area (Å²) in [5, 5.41) is 3.52. The van der Waals surface area contributed by atoms with Crippen LogP contribution in [0.5, 0.6) is 5.75 Å². The highest BCUT2D eigenvalue weighted by Gasteiger charge is 2.29. The number of ether oxygens (including phenoxy) is 1. The number of hydrogen-bond acceptors (Lipinski definition) is 2. The summed E-state index contributed by atoms with van der Waals surface area (Å²) >= 11 is 0. The van der Waals surface area contributed by atoms with Crippen LogP contribution in [-0.2, 0) is 6.42 Å². The highest BCUT2D eigenvalue weighted by molar-refractivity contribution is 5.36. The lowest BCUT2D eigenvalue weighted by atomic mass is 9.82. The van der Waals surface area contributed by atoms with Crippen molar-refractivity contribution in [1.82, 2.24) is 5.32 Å². The van der Waals surface area contributed by atoms with Crippen LogP contribution in [0.2, 0.25) is 0 Å². The molecule has 1 aromatic rings. The predicted molar refractivity (Wildman–Crippen MR) is 78.5 cm³/mol. The summed E-state index contributed by atoms with van der Waals surface area (Å²) in [6.45, 7) is 0.833. The van der Waals surface area contributed by atoms with E-state index in [0.29, 0.717) is 12.0 Å². The maximum atomic E-state index is 5.94. The number of hydrogen-bond donors (Lipinski definition) is 1. The van der Waals surface area contributed by atoms with Crippen LogP contribution in [0.1, 0.15) is 31.2 Å². The highest BCUT2D eigenvalue weighted by atomic mass is 16.5. The van der Waals surface area contributed by atoms with E-state index < -0.39 is 0 Å². The average molecular weight is 257 g/mol. The molecule has 0 fully saturated rings. The molecule has 1 aliphatic heterocycles. The fraction of sp³-hybridized carbons (Fsp3) is 0.529. The molecule has 2 heteroatoms. The second kappa shape index (κ2) is 5.79. The SMILES string of the molecule is CNC(C1=CCCCC1)C1COc2ccccc2C1. The highest BCUT2D eigenvalue weighted by Crippen LogP contribution is 2.32. The van der Waals surface area contributed by atoms with Crippen LogP contribution in [0.3, 0.4) is 0 Å². The summed E-state index contributed by atoms with van der Waals surface area (Å²) in [7, 11) is 2.08. The number of likely N-dealkylation sites (N-methyl/N-ethyl adjacent to an activating group) is 1. The van der Waals surface area contributed by atoms with Crippen LogP contribution in [0, 0.1) is 5.92 Å². The lowest BCUT2D eigenvalue weighted by Crippen LogP contribution is -2.41. The molecular formula is C17H23NO. The number of nitrogens with one attached hydrogen (secondary N) is 1. The molecule has 1 aliphatic carbocycles. The second-order valence-electron chi connectivity index (χ2n) is 5.67. The molecule has 2 unspecified atom stereocenters. The average Bonchev–Trinajstić information content (AvgIpc) is 2.49. The number of allylic oxidation sites excluding steroid dienone is 1. The van der Waals surface area contributed by atoms with E-state index in [9.17, 15) is 0 Å². The van der Waals surface area contributed by atoms with Crippen molar-refractivity contribution in [2.75, 3.05) is 13.7 Å². The van der Waals surface area contributed by atoms with Crippen LogP contribution in [0.15, 0.2) is 35.9 Å². The van der Waals surface area contributed by atoms with E-state index in [1.54, 1.807) is 5.57 Å². The number of rotatable bonds is 3. The van der Waals surface area contributed by atoms with Crippen LogP contribution >= 0.6 is 0 Å². The number of benzene rings is 1. The molecule has 102 valence electrons. The van der Waals surface area contributed by atoms with Gasteiger partial charge in [-0.25, -0.2) is 0 Å². The molecular weight excluding hydrogens is 234 g/mol. The topological polar surface area (TPSA) is 21.3 Å². The first-order valence-electron chi connectivity index (χ1n) is 7.45. The Morgan fingerprint density at radius 3 is 2.95 bits per heavy atom. The van der Waals surface area contributed by atoms with Crippen LogP contribution in [0.25, 0.3) is 0 Å². The van der Waals surface area contributed by atoms with Gasteiger partial charge >= 0.3 is 0 Å². The van der Waals surface area contributed by atoms with Crippen molar-refractivity contribution in [3.63, 3.8) is 0 Å². The molecule has 3 rings (SSSR count). The molecule has 0 radical (unpaired) electrons. The first-order chi connectivity index (χ1) is 9.38. The third kappa shape index (κ3) is 2.69. The molecule has 2 aliphatic rings. The summed E-state index contributed by atoms with van der Waals surface area (Å²) in [4.78, 5) is 0. The summed E-state index contributed by atoms with van der Waals surface area (Å²) < 4.78 is 5.94. The number of fused-ring (bicyclic) bond motifs is 1. The minimum absolute atomic E-state index is 0.480. The van der Waals surface area contributed by atoms with E-state index in [0.717, 1.165) is 18.8 Å². The van der Waals surface area contributed by atoms with Crippen molar-refractivity contribution in [2.45, 2.75) is 38.1 Å². The first-order valence-corrected chi connectivity index (χ1v) is 7.45. The molecule has 0 saturated heterocycles. The van der Waals surface area contributed by atoms with E-state index in [1.165, 1.54) is 31.2 Å². The molecule has 2 nitrogen and oxygen atoms in total. The Labute approximate surface area is 115 Å². The zero-order valence-electron chi connectivity index (χ0n) is 11.7. The van der Waals surface area contributed by atoms with Gasteiger partial charge in [-0.2, -0.15) is 0 Å². The lowest BCUT2D eigenvalue weighted by molar-refractivity contribution is 0.196. The van der Waals surface area contributed by atoms with Crippen molar-refractivity contribution in [1.29, 1.82) is 0 Å². The third-order valence-corrected chi connectivity index (χ3v) is 4.42. The smallest absolute Gasteiger partial charge is 0.122 e. The second-order valence-corrected chi connectivity index (χ2v) is 5.67. The van der Waals surface area contributed by atoms with Gasteiger partial charge in [-0.15, -0.1) is 0 Å². The fourth-order valence-electron chi connectivity index (χ4n) is 3.43. The quantitative estimate of drug-likeness (QED) is 0.839. The summed E-state index contributed by atoms with van der Waals surface area (Å²) in [5.74, 6) is 1.63. The fourth-order valence-corrected chi connectivity index (χ4v) is 3.43. The summed E-state index contributed by atoms with van der Waals surface area (Å²) in [5.41, 5.74) is 2.96. The van der Waals surface area contributed by atoms with Gasteiger partial charge in [0.15, 0.2) is 0 Å². The Kier molecular flexibility index (Phi) is 3.88. The van der Waals surface area contributed by atoms with Gasteiger partial charge in [0.2, 0.25) is 0 Å². The molecule has 0 amide bonds. The van der Waals surface area contributed by atoms with Gasteiger partial charge in [0.25, 0.3) is 0 Å². The van der Waals surface area contributed by atoms with Gasteiger partial charge in [-0.3, -0.25) is 0 Å². The summed E-state index contributed by atoms with van der Waals surface area (Å²) in [6, 6.07) is 8.93. The molecule has 0 bridgehead atoms. The minimum Gasteiger partial charge on any atom is -0.493 e. The molecule has 0 aromatic heterocycles. The molecule has 19 heavy (non-hydrogen) atoms. The Bertz CT molecular complexity index is 466. The van der Waals surface area contributed by atoms with E-state index >= 15 is 0 Å². The molecule has 1 aromatic carbocycles. The maximum absolute atomic E-state index is 5.94. The van der Waals surface area contributed by atoms with Crippen molar-refractivity contribution in [3.8, 4) is 5.75 Å². The zero-order chi connectivity index (χ0) is 13.1. The monoisotopic (exact) mass is 257 g/mol. The van der Waals surface area contributed by atoms with Gasteiger partial charge in [0, 0.05) is 12.0 Å². The van der Waals surface area contributed by atoms with Crippen molar-refractivity contribution >= 4 is 0 Å². The zero-order valence-corrected chi connectivity index (χ0v) is 11.7. The Morgan fingerprint density at radius 2 is 2.16 bits per heavy atom. The van der Waals surface area contributed by atoms with Gasteiger partial charge in [0.05, 0.1) is 6.61 Å². The predicted octanol–water partition coefficient (Wildman–Crippen LogP) is 3.33. The summed E-state index contributed by atoms with van der Waals surface area (Å²) in [6.07, 6.45) is 8.77. The van der Waals surface area contributed by atoms with E-state index in [-0.39, 0.29) is 0 Å². The van der Waals surface area contributed by atoms with Gasteiger partial charge in [0.1, 0.15) is 5.75 Å². The largest absolute Gasteiger partial charge is 0.493 e. The Morgan fingerprint density at radius 1 is 1.26 bits per heavy atom. The molecule has 1 N–H and O–H groups in total. The van der Waals surface area contributed by atoms with Crippen LogP contribution in [-0.4, -0.2) is 19.7 Å².